The predicted octanol–water partition coefficient (Wildman–Crippen LogP) is 0.736. The van der Waals surface area contributed by atoms with Gasteiger partial charge in [-0.1, -0.05) is 0 Å². The number of hydrogen-bond acceptors (Lipinski definition) is 3. The molecule has 6 heteroatoms. The van der Waals surface area contributed by atoms with Gasteiger partial charge in [0.05, 0.1) is 0 Å². The van der Waals surface area contributed by atoms with Crippen LogP contribution in [0, 0.1) is 17.4 Å². The lowest BCUT2D eigenvalue weighted by Crippen LogP contribution is -2.41. The van der Waals surface area contributed by atoms with Crippen LogP contribution in [0.3, 0.4) is 0 Å². The molecule has 0 spiro atoms. The van der Waals surface area contributed by atoms with E-state index in [0.717, 1.165) is 13.0 Å². The van der Waals surface area contributed by atoms with Gasteiger partial charge in [0.1, 0.15) is 12.4 Å². The number of ether oxygens (including phenoxy) is 1. The summed E-state index contributed by atoms with van der Waals surface area (Å²) in [5.74, 6) is -1.91. The fourth-order valence-corrected chi connectivity index (χ4v) is 0.984. The van der Waals surface area contributed by atoms with Crippen LogP contribution >= 0.6 is 0 Å². The minimum absolute atomic E-state index is 0.0531. The number of rotatable bonds is 4. The highest BCUT2D eigenvalue weighted by molar-refractivity contribution is 5.76. The first-order valence-electron chi connectivity index (χ1n) is 4.38. The molecule has 0 heterocycles. The summed E-state index contributed by atoms with van der Waals surface area (Å²) in [6.07, 6.45) is 0. The Bertz CT molecular complexity index is 406. The van der Waals surface area contributed by atoms with Crippen molar-refractivity contribution in [2.24, 2.45) is 0 Å². The molecule has 0 aromatic heterocycles. The van der Waals surface area contributed by atoms with Crippen LogP contribution in [0.1, 0.15) is 6.92 Å². The Hall–Kier alpha value is -1.33. The fourth-order valence-electron chi connectivity index (χ4n) is 0.857. The van der Waals surface area contributed by atoms with Gasteiger partial charge in [-0.05, 0) is 13.0 Å². The van der Waals surface area contributed by atoms with E-state index in [9.17, 15) is 14.3 Å². The SMILES string of the molecule is C[C@@](O)(COc1ccc([ClH+])c(F)c1)C(=O)O. The van der Waals surface area contributed by atoms with E-state index in [2.05, 4.69) is 11.6 Å². The quantitative estimate of drug-likeness (QED) is 0.826. The zero-order valence-corrected chi connectivity index (χ0v) is 9.25. The first-order valence-corrected chi connectivity index (χ1v) is 4.79. The standard InChI is InChI=1S/C10H10ClFO4/c1-10(15,9(13)14)5-16-6-2-3-7(11)8(12)4-6/h2-4,11,15H,5H2,1H3/p+1/t10-/m1/s1. The van der Waals surface area contributed by atoms with Gasteiger partial charge in [-0.2, -0.15) is 0 Å². The normalized spacial score (nSPS) is 14.2. The number of halogens is 2. The van der Waals surface area contributed by atoms with Crippen molar-refractivity contribution >= 4 is 5.97 Å². The average Bonchev–Trinajstić information content (AvgIpc) is 2.20. The van der Waals surface area contributed by atoms with E-state index in [1.54, 1.807) is 0 Å². The Balaban J connectivity index is 2.68. The molecule has 0 aliphatic rings. The largest absolute Gasteiger partial charge is 0.490 e. The van der Waals surface area contributed by atoms with Crippen molar-refractivity contribution in [1.29, 1.82) is 0 Å². The zero-order chi connectivity index (χ0) is 12.3. The van der Waals surface area contributed by atoms with Gasteiger partial charge in [0, 0.05) is 12.1 Å². The van der Waals surface area contributed by atoms with Crippen LogP contribution in [-0.2, 0) is 4.79 Å². The molecule has 1 aromatic carbocycles. The highest BCUT2D eigenvalue weighted by Crippen LogP contribution is 2.18. The number of aliphatic hydroxyl groups is 1. The van der Waals surface area contributed by atoms with Crippen molar-refractivity contribution in [3.05, 3.63) is 29.0 Å². The van der Waals surface area contributed by atoms with Gasteiger partial charge in [0.2, 0.25) is 0 Å². The molecule has 88 valence electrons. The monoisotopic (exact) mass is 249 g/mol. The summed E-state index contributed by atoms with van der Waals surface area (Å²) in [6.45, 7) is 0.617. The van der Waals surface area contributed by atoms with E-state index in [0.29, 0.717) is 0 Å². The molecule has 0 saturated carbocycles. The Morgan fingerprint density at radius 2 is 2.25 bits per heavy atom. The summed E-state index contributed by atoms with van der Waals surface area (Å²) >= 11 is 4.64. The van der Waals surface area contributed by atoms with E-state index in [4.69, 9.17) is 9.84 Å². The maximum Gasteiger partial charge on any atom is 0.339 e. The molecule has 1 aromatic rings. The van der Waals surface area contributed by atoms with Crippen LogP contribution in [0.15, 0.2) is 18.2 Å². The van der Waals surface area contributed by atoms with E-state index in [1.165, 1.54) is 12.1 Å². The number of carboxylic acids is 1. The number of carboxylic acid groups (broad SMARTS) is 1. The van der Waals surface area contributed by atoms with E-state index >= 15 is 0 Å². The predicted molar refractivity (Wildman–Crippen MR) is 50.7 cm³/mol. The molecular formula is C10H11ClFO4+. The van der Waals surface area contributed by atoms with E-state index in [-0.39, 0.29) is 10.8 Å². The first kappa shape index (κ1) is 12.7. The summed E-state index contributed by atoms with van der Waals surface area (Å²) in [4.78, 5) is 10.5. The fraction of sp³-hybridized carbons (Fsp3) is 0.300. The van der Waals surface area contributed by atoms with Crippen LogP contribution in [0.5, 0.6) is 5.75 Å². The average molecular weight is 250 g/mol. The summed E-state index contributed by atoms with van der Waals surface area (Å²) < 4.78 is 17.9. The Labute approximate surface area is 96.2 Å². The summed E-state index contributed by atoms with van der Waals surface area (Å²) in [5, 5.41) is 18.0. The van der Waals surface area contributed by atoms with Crippen molar-refractivity contribution in [3.63, 3.8) is 0 Å². The third-order valence-electron chi connectivity index (χ3n) is 1.88. The highest BCUT2D eigenvalue weighted by Gasteiger charge is 2.31. The maximum absolute atomic E-state index is 13.0. The van der Waals surface area contributed by atoms with Gasteiger partial charge in [0.15, 0.2) is 23.0 Å². The molecule has 0 radical (unpaired) electrons. The third kappa shape index (κ3) is 3.08. The molecule has 0 amide bonds. The van der Waals surface area contributed by atoms with E-state index < -0.39 is 24.0 Å². The lowest BCUT2D eigenvalue weighted by molar-refractivity contribution is -0.293. The smallest absolute Gasteiger partial charge is 0.339 e. The summed E-state index contributed by atoms with van der Waals surface area (Å²) in [5.41, 5.74) is -2.01. The van der Waals surface area contributed by atoms with Crippen LogP contribution in [-0.4, -0.2) is 28.4 Å². The third-order valence-corrected chi connectivity index (χ3v) is 2.22. The molecule has 16 heavy (non-hydrogen) atoms. The minimum Gasteiger partial charge on any atom is -0.490 e. The van der Waals surface area contributed by atoms with Crippen molar-refractivity contribution < 1.29 is 35.7 Å². The number of hydrogen-bond donors (Lipinski definition) is 2. The minimum atomic E-state index is -2.01. The Morgan fingerprint density at radius 1 is 1.62 bits per heavy atom. The van der Waals surface area contributed by atoms with Gasteiger partial charge < -0.3 is 14.9 Å². The summed E-state index contributed by atoms with van der Waals surface area (Å²) in [6, 6.07) is 3.78. The molecule has 0 saturated heterocycles. The van der Waals surface area contributed by atoms with Crippen LogP contribution in [0.4, 0.5) is 4.39 Å². The van der Waals surface area contributed by atoms with Gasteiger partial charge in [-0.15, -0.1) is 0 Å². The second kappa shape index (κ2) is 4.67. The van der Waals surface area contributed by atoms with Gasteiger partial charge in [-0.25, -0.2) is 9.18 Å². The zero-order valence-electron chi connectivity index (χ0n) is 8.44. The molecule has 1 rings (SSSR count). The second-order valence-corrected chi connectivity index (χ2v) is 3.90. The Morgan fingerprint density at radius 3 is 2.75 bits per heavy atom. The molecular weight excluding hydrogens is 239 g/mol. The van der Waals surface area contributed by atoms with Crippen molar-refractivity contribution in [1.82, 2.24) is 0 Å². The van der Waals surface area contributed by atoms with Gasteiger partial charge >= 0.3 is 5.97 Å². The molecule has 4 nitrogen and oxygen atoms in total. The number of benzene rings is 1. The maximum atomic E-state index is 13.0. The molecule has 0 bridgehead atoms. The van der Waals surface area contributed by atoms with Crippen LogP contribution < -0.4 is 4.74 Å². The first-order chi connectivity index (χ1) is 7.33. The molecule has 0 aliphatic carbocycles. The van der Waals surface area contributed by atoms with Crippen molar-refractivity contribution in [3.8, 4) is 5.75 Å². The lowest BCUT2D eigenvalue weighted by Gasteiger charge is -2.18. The topological polar surface area (TPSA) is 66.8 Å². The van der Waals surface area contributed by atoms with Crippen LogP contribution in [0.2, 0.25) is 5.02 Å². The van der Waals surface area contributed by atoms with E-state index in [1.807, 2.05) is 0 Å². The molecule has 1 atom stereocenters. The molecule has 0 aliphatic heterocycles. The lowest BCUT2D eigenvalue weighted by atomic mass is 10.1. The highest BCUT2D eigenvalue weighted by atomic mass is 35.5. The van der Waals surface area contributed by atoms with Crippen molar-refractivity contribution in [2.75, 3.05) is 6.61 Å². The second-order valence-electron chi connectivity index (χ2n) is 3.46. The van der Waals surface area contributed by atoms with Gasteiger partial charge in [0.25, 0.3) is 5.02 Å². The molecule has 0 unspecified atom stereocenters. The van der Waals surface area contributed by atoms with Crippen molar-refractivity contribution in [2.45, 2.75) is 12.5 Å². The summed E-state index contributed by atoms with van der Waals surface area (Å²) in [7, 11) is 0. The Kier molecular flexibility index (Phi) is 3.72. The molecule has 0 fully saturated rings. The number of carbonyl (C=O) groups is 1. The van der Waals surface area contributed by atoms with Gasteiger partial charge in [-0.3, -0.25) is 0 Å². The van der Waals surface area contributed by atoms with Crippen LogP contribution in [0.25, 0.3) is 0 Å². The number of aliphatic carboxylic acids is 1. The molecule has 2 N–H and O–H groups in total.